The highest BCUT2D eigenvalue weighted by Gasteiger charge is 2.04. The Labute approximate surface area is 121 Å². The SMILES string of the molecule is CCCNc1ccnc(COc2c(C)cccc2C)c1. The molecule has 0 spiro atoms. The number of para-hydroxylation sites is 1. The molecule has 3 heteroatoms. The highest BCUT2D eigenvalue weighted by Crippen LogP contribution is 2.23. The Hall–Kier alpha value is -2.03. The van der Waals surface area contributed by atoms with Crippen LogP contribution in [0.2, 0.25) is 0 Å². The summed E-state index contributed by atoms with van der Waals surface area (Å²) in [6.07, 6.45) is 2.93. The second kappa shape index (κ2) is 6.94. The maximum absolute atomic E-state index is 5.92. The van der Waals surface area contributed by atoms with Crippen LogP contribution < -0.4 is 10.1 Å². The predicted molar refractivity (Wildman–Crippen MR) is 83.3 cm³/mol. The van der Waals surface area contributed by atoms with Crippen LogP contribution in [-0.4, -0.2) is 11.5 Å². The summed E-state index contributed by atoms with van der Waals surface area (Å²) in [7, 11) is 0. The number of rotatable bonds is 6. The molecule has 0 atom stereocenters. The lowest BCUT2D eigenvalue weighted by Gasteiger charge is -2.12. The number of nitrogens with one attached hydrogen (secondary N) is 1. The third-order valence-corrected chi connectivity index (χ3v) is 3.17. The molecule has 2 aromatic rings. The average molecular weight is 270 g/mol. The van der Waals surface area contributed by atoms with E-state index in [4.69, 9.17) is 4.74 Å². The minimum atomic E-state index is 0.493. The minimum absolute atomic E-state index is 0.493. The number of ether oxygens (including phenoxy) is 1. The summed E-state index contributed by atoms with van der Waals surface area (Å²) >= 11 is 0. The Balaban J connectivity index is 2.03. The maximum Gasteiger partial charge on any atom is 0.130 e. The number of aromatic nitrogens is 1. The first-order valence-electron chi connectivity index (χ1n) is 7.08. The molecule has 0 amide bonds. The fourth-order valence-electron chi connectivity index (χ4n) is 2.11. The molecule has 0 saturated heterocycles. The second-order valence-corrected chi connectivity index (χ2v) is 4.97. The number of aryl methyl sites for hydroxylation is 2. The second-order valence-electron chi connectivity index (χ2n) is 4.97. The van der Waals surface area contributed by atoms with Crippen LogP contribution in [0.4, 0.5) is 5.69 Å². The average Bonchev–Trinajstić information content (AvgIpc) is 2.45. The van der Waals surface area contributed by atoms with Crippen LogP contribution >= 0.6 is 0 Å². The van der Waals surface area contributed by atoms with Crippen LogP contribution in [0.3, 0.4) is 0 Å². The van der Waals surface area contributed by atoms with Gasteiger partial charge in [0.1, 0.15) is 12.4 Å². The lowest BCUT2D eigenvalue weighted by atomic mass is 10.1. The van der Waals surface area contributed by atoms with Crippen LogP contribution in [0.25, 0.3) is 0 Å². The Kier molecular flexibility index (Phi) is 4.99. The van der Waals surface area contributed by atoms with Gasteiger partial charge >= 0.3 is 0 Å². The van der Waals surface area contributed by atoms with E-state index in [1.807, 2.05) is 24.4 Å². The number of anilines is 1. The molecular formula is C17H22N2O. The minimum Gasteiger partial charge on any atom is -0.487 e. The van der Waals surface area contributed by atoms with E-state index in [1.54, 1.807) is 0 Å². The van der Waals surface area contributed by atoms with E-state index in [0.717, 1.165) is 41.2 Å². The number of pyridine rings is 1. The maximum atomic E-state index is 5.92. The van der Waals surface area contributed by atoms with Gasteiger partial charge in [0, 0.05) is 18.4 Å². The molecule has 106 valence electrons. The van der Waals surface area contributed by atoms with Gasteiger partial charge in [-0.2, -0.15) is 0 Å². The molecular weight excluding hydrogens is 248 g/mol. The number of nitrogens with zero attached hydrogens (tertiary/aromatic N) is 1. The fraction of sp³-hybridized carbons (Fsp3) is 0.353. The van der Waals surface area contributed by atoms with Gasteiger partial charge in [-0.1, -0.05) is 25.1 Å². The molecule has 0 unspecified atom stereocenters. The molecule has 0 aliphatic heterocycles. The summed E-state index contributed by atoms with van der Waals surface area (Å²) in [5.74, 6) is 0.959. The van der Waals surface area contributed by atoms with Gasteiger partial charge < -0.3 is 10.1 Å². The monoisotopic (exact) mass is 270 g/mol. The summed E-state index contributed by atoms with van der Waals surface area (Å²) in [5.41, 5.74) is 4.35. The molecule has 3 nitrogen and oxygen atoms in total. The molecule has 0 bridgehead atoms. The quantitative estimate of drug-likeness (QED) is 0.858. The Morgan fingerprint density at radius 1 is 1.15 bits per heavy atom. The summed E-state index contributed by atoms with van der Waals surface area (Å²) in [4.78, 5) is 4.36. The molecule has 1 N–H and O–H groups in total. The van der Waals surface area contributed by atoms with Gasteiger partial charge in [-0.25, -0.2) is 0 Å². The molecule has 20 heavy (non-hydrogen) atoms. The van der Waals surface area contributed by atoms with E-state index in [9.17, 15) is 0 Å². The molecule has 0 aliphatic carbocycles. The van der Waals surface area contributed by atoms with E-state index >= 15 is 0 Å². The van der Waals surface area contributed by atoms with Crippen molar-refractivity contribution in [3.8, 4) is 5.75 Å². The zero-order valence-electron chi connectivity index (χ0n) is 12.4. The Morgan fingerprint density at radius 2 is 1.90 bits per heavy atom. The summed E-state index contributed by atoms with van der Waals surface area (Å²) in [5, 5.41) is 3.36. The van der Waals surface area contributed by atoms with E-state index in [0.29, 0.717) is 6.61 Å². The van der Waals surface area contributed by atoms with Crippen molar-refractivity contribution in [1.29, 1.82) is 0 Å². The van der Waals surface area contributed by atoms with Gasteiger partial charge in [0.25, 0.3) is 0 Å². The normalized spacial score (nSPS) is 10.3. The molecule has 0 aliphatic rings. The number of hydrogen-bond donors (Lipinski definition) is 1. The van der Waals surface area contributed by atoms with E-state index < -0.39 is 0 Å². The molecule has 0 radical (unpaired) electrons. The van der Waals surface area contributed by atoms with Crippen LogP contribution in [0, 0.1) is 13.8 Å². The van der Waals surface area contributed by atoms with E-state index in [2.05, 4.69) is 43.2 Å². The predicted octanol–water partition coefficient (Wildman–Crippen LogP) is 4.10. The van der Waals surface area contributed by atoms with Crippen molar-refractivity contribution >= 4 is 5.69 Å². The molecule has 1 aromatic heterocycles. The summed E-state index contributed by atoms with van der Waals surface area (Å²) in [6, 6.07) is 10.2. The highest BCUT2D eigenvalue weighted by atomic mass is 16.5. The zero-order valence-corrected chi connectivity index (χ0v) is 12.4. The smallest absolute Gasteiger partial charge is 0.130 e. The molecule has 0 fully saturated rings. The molecule has 1 aromatic carbocycles. The van der Waals surface area contributed by atoms with Crippen LogP contribution in [0.1, 0.15) is 30.2 Å². The zero-order chi connectivity index (χ0) is 14.4. The van der Waals surface area contributed by atoms with Crippen LogP contribution in [-0.2, 0) is 6.61 Å². The highest BCUT2D eigenvalue weighted by molar-refractivity contribution is 5.43. The third kappa shape index (κ3) is 3.73. The third-order valence-electron chi connectivity index (χ3n) is 3.17. The van der Waals surface area contributed by atoms with E-state index in [-0.39, 0.29) is 0 Å². The largest absolute Gasteiger partial charge is 0.487 e. The van der Waals surface area contributed by atoms with Crippen molar-refractivity contribution in [3.05, 3.63) is 53.3 Å². The first-order chi connectivity index (χ1) is 9.70. The van der Waals surface area contributed by atoms with Gasteiger partial charge in [0.2, 0.25) is 0 Å². The first-order valence-corrected chi connectivity index (χ1v) is 7.08. The van der Waals surface area contributed by atoms with Crippen molar-refractivity contribution in [3.63, 3.8) is 0 Å². The topological polar surface area (TPSA) is 34.2 Å². The Morgan fingerprint density at radius 3 is 2.60 bits per heavy atom. The lowest BCUT2D eigenvalue weighted by molar-refractivity contribution is 0.297. The van der Waals surface area contributed by atoms with Gasteiger partial charge in [-0.3, -0.25) is 4.98 Å². The van der Waals surface area contributed by atoms with Gasteiger partial charge in [0.05, 0.1) is 5.69 Å². The van der Waals surface area contributed by atoms with Crippen molar-refractivity contribution in [2.24, 2.45) is 0 Å². The first kappa shape index (κ1) is 14.4. The van der Waals surface area contributed by atoms with Crippen molar-refractivity contribution in [2.75, 3.05) is 11.9 Å². The summed E-state index contributed by atoms with van der Waals surface area (Å²) in [6.45, 7) is 7.75. The lowest BCUT2D eigenvalue weighted by Crippen LogP contribution is -2.04. The van der Waals surface area contributed by atoms with Crippen molar-refractivity contribution < 1.29 is 4.74 Å². The number of benzene rings is 1. The molecule has 2 rings (SSSR count). The van der Waals surface area contributed by atoms with Crippen molar-refractivity contribution in [2.45, 2.75) is 33.8 Å². The Bertz CT molecular complexity index is 546. The summed E-state index contributed by atoms with van der Waals surface area (Å²) < 4.78 is 5.92. The van der Waals surface area contributed by atoms with Gasteiger partial charge in [-0.05, 0) is 43.5 Å². The van der Waals surface area contributed by atoms with Gasteiger partial charge in [-0.15, -0.1) is 0 Å². The van der Waals surface area contributed by atoms with Crippen molar-refractivity contribution in [1.82, 2.24) is 4.98 Å². The number of hydrogen-bond acceptors (Lipinski definition) is 3. The van der Waals surface area contributed by atoms with Crippen LogP contribution in [0.15, 0.2) is 36.5 Å². The fourth-order valence-corrected chi connectivity index (χ4v) is 2.11. The molecule has 0 saturated carbocycles. The van der Waals surface area contributed by atoms with E-state index in [1.165, 1.54) is 0 Å². The molecule has 1 heterocycles. The van der Waals surface area contributed by atoms with Crippen LogP contribution in [0.5, 0.6) is 5.75 Å². The standard InChI is InChI=1S/C17H22N2O/c1-4-9-18-15-8-10-19-16(11-15)12-20-17-13(2)6-5-7-14(17)3/h5-8,10-11H,4,9,12H2,1-3H3,(H,18,19). The van der Waals surface area contributed by atoms with Gasteiger partial charge in [0.15, 0.2) is 0 Å².